The summed E-state index contributed by atoms with van der Waals surface area (Å²) in [7, 11) is 0. The van der Waals surface area contributed by atoms with Crippen molar-refractivity contribution in [3.8, 4) is 67.5 Å². The third-order valence-electron chi connectivity index (χ3n) is 9.18. The van der Waals surface area contributed by atoms with E-state index in [1.165, 1.54) is 21.9 Å². The van der Waals surface area contributed by atoms with E-state index < -0.39 is 0 Å². The van der Waals surface area contributed by atoms with Crippen LogP contribution < -0.4 is 0 Å². The molecule has 0 amide bonds. The number of nitrogens with zero attached hydrogens (tertiary/aromatic N) is 4. The maximum absolute atomic E-state index is 4.93. The van der Waals surface area contributed by atoms with Gasteiger partial charge in [-0.3, -0.25) is 4.98 Å². The zero-order valence-electron chi connectivity index (χ0n) is 27.1. The molecule has 0 aliphatic heterocycles. The predicted molar refractivity (Wildman–Crippen MR) is 205 cm³/mol. The fourth-order valence-electron chi connectivity index (χ4n) is 6.62. The highest BCUT2D eigenvalue weighted by Gasteiger charge is 2.15. The van der Waals surface area contributed by atoms with Gasteiger partial charge in [0.2, 0.25) is 0 Å². The monoisotopic (exact) mass is 638 g/mol. The van der Waals surface area contributed by atoms with Crippen molar-refractivity contribution in [2.24, 2.45) is 0 Å². The van der Waals surface area contributed by atoms with Crippen molar-refractivity contribution in [3.05, 3.63) is 182 Å². The highest BCUT2D eigenvalue weighted by Crippen LogP contribution is 2.39. The molecule has 0 radical (unpaired) electrons. The second-order valence-electron chi connectivity index (χ2n) is 12.3. The van der Waals surface area contributed by atoms with E-state index >= 15 is 0 Å². The van der Waals surface area contributed by atoms with Crippen LogP contribution in [0.3, 0.4) is 0 Å². The molecule has 9 rings (SSSR count). The number of aromatic nitrogens is 4. The molecule has 0 unspecified atom stereocenters. The molecule has 4 heteroatoms. The molecule has 0 spiro atoms. The zero-order valence-corrected chi connectivity index (χ0v) is 27.1. The van der Waals surface area contributed by atoms with Gasteiger partial charge in [-0.1, -0.05) is 164 Å². The van der Waals surface area contributed by atoms with Crippen LogP contribution >= 0.6 is 0 Å². The molecular weight excluding hydrogens is 609 g/mol. The Kier molecular flexibility index (Phi) is 7.45. The smallest absolute Gasteiger partial charge is 0.164 e. The van der Waals surface area contributed by atoms with E-state index in [9.17, 15) is 0 Å². The molecule has 0 aliphatic carbocycles. The topological polar surface area (TPSA) is 51.6 Å². The van der Waals surface area contributed by atoms with E-state index in [0.29, 0.717) is 17.5 Å². The molecule has 0 N–H and O–H groups in total. The Labute approximate surface area is 290 Å². The van der Waals surface area contributed by atoms with Crippen molar-refractivity contribution >= 4 is 21.7 Å². The van der Waals surface area contributed by atoms with E-state index in [1.54, 1.807) is 0 Å². The molecule has 0 bridgehead atoms. The SMILES string of the molecule is c1ccc(-c2nc(-c3ccccc3)nc(-c3ccc(-c4ccc5ccccc5c4-c4ccc(-c5cnc6ccccc6c5)cc4)cc3)n2)cc1. The molecular formula is C46H30N4. The van der Waals surface area contributed by atoms with Crippen LogP contribution in [0.1, 0.15) is 0 Å². The summed E-state index contributed by atoms with van der Waals surface area (Å²) in [5.41, 5.74) is 10.7. The molecule has 0 saturated carbocycles. The Morgan fingerprint density at radius 3 is 1.48 bits per heavy atom. The molecule has 2 aromatic heterocycles. The van der Waals surface area contributed by atoms with E-state index in [4.69, 9.17) is 15.0 Å². The van der Waals surface area contributed by atoms with Crippen LogP contribution in [0, 0.1) is 0 Å². The summed E-state index contributed by atoms with van der Waals surface area (Å²) in [6.45, 7) is 0. The third-order valence-corrected chi connectivity index (χ3v) is 9.18. The molecule has 4 nitrogen and oxygen atoms in total. The number of hydrogen-bond acceptors (Lipinski definition) is 4. The van der Waals surface area contributed by atoms with Crippen molar-refractivity contribution in [3.63, 3.8) is 0 Å². The summed E-state index contributed by atoms with van der Waals surface area (Å²) in [5, 5.41) is 3.56. The standard InChI is InChI=1S/C46H30N4/c1-3-12-35(13-4-1)44-48-45(36-14-5-2-6-15-36)50-46(49-44)37-25-21-33(22-26-37)41-28-27-32-11-7-9-17-40(32)43(41)34-23-19-31(20-24-34)39-29-38-16-8-10-18-42(38)47-30-39/h1-30H. The minimum atomic E-state index is 0.641. The van der Waals surface area contributed by atoms with Crippen molar-refractivity contribution in [1.29, 1.82) is 0 Å². The van der Waals surface area contributed by atoms with Crippen molar-refractivity contribution in [2.45, 2.75) is 0 Å². The number of fused-ring (bicyclic) bond motifs is 2. The molecule has 50 heavy (non-hydrogen) atoms. The number of hydrogen-bond donors (Lipinski definition) is 0. The van der Waals surface area contributed by atoms with E-state index in [0.717, 1.165) is 49.8 Å². The second-order valence-corrected chi connectivity index (χ2v) is 12.3. The summed E-state index contributed by atoms with van der Waals surface area (Å²) in [6.07, 6.45) is 1.96. The maximum Gasteiger partial charge on any atom is 0.164 e. The van der Waals surface area contributed by atoms with Crippen LogP contribution in [-0.2, 0) is 0 Å². The summed E-state index contributed by atoms with van der Waals surface area (Å²) < 4.78 is 0. The highest BCUT2D eigenvalue weighted by molar-refractivity contribution is 6.04. The Bertz CT molecular complexity index is 2560. The Balaban J connectivity index is 1.12. The first kappa shape index (κ1) is 29.4. The van der Waals surface area contributed by atoms with Gasteiger partial charge in [0.15, 0.2) is 17.5 Å². The highest BCUT2D eigenvalue weighted by atomic mass is 15.0. The van der Waals surface area contributed by atoms with Gasteiger partial charge >= 0.3 is 0 Å². The van der Waals surface area contributed by atoms with Gasteiger partial charge in [0.25, 0.3) is 0 Å². The summed E-state index contributed by atoms with van der Waals surface area (Å²) in [4.78, 5) is 19.4. The minimum absolute atomic E-state index is 0.641. The fraction of sp³-hybridized carbons (Fsp3) is 0. The van der Waals surface area contributed by atoms with Crippen molar-refractivity contribution < 1.29 is 0 Å². The summed E-state index contributed by atoms with van der Waals surface area (Å²) in [6, 6.07) is 61.1. The second kappa shape index (κ2) is 12.7. The molecule has 0 fully saturated rings. The Morgan fingerprint density at radius 1 is 0.320 bits per heavy atom. The van der Waals surface area contributed by atoms with Gasteiger partial charge in [0, 0.05) is 33.8 Å². The van der Waals surface area contributed by atoms with Gasteiger partial charge in [0.1, 0.15) is 0 Å². The minimum Gasteiger partial charge on any atom is -0.256 e. The number of pyridine rings is 1. The van der Waals surface area contributed by atoms with Crippen LogP contribution in [0.4, 0.5) is 0 Å². The fourth-order valence-corrected chi connectivity index (χ4v) is 6.62. The van der Waals surface area contributed by atoms with Crippen LogP contribution in [0.25, 0.3) is 89.2 Å². The zero-order chi connectivity index (χ0) is 33.3. The van der Waals surface area contributed by atoms with Crippen molar-refractivity contribution in [1.82, 2.24) is 19.9 Å². The normalized spacial score (nSPS) is 11.2. The number of benzene rings is 7. The van der Waals surface area contributed by atoms with E-state index in [2.05, 4.69) is 108 Å². The molecule has 0 saturated heterocycles. The Hall–Kier alpha value is -6.78. The van der Waals surface area contributed by atoms with Crippen molar-refractivity contribution in [2.75, 3.05) is 0 Å². The molecule has 234 valence electrons. The molecule has 2 heterocycles. The Morgan fingerprint density at radius 2 is 0.820 bits per heavy atom. The summed E-state index contributed by atoms with van der Waals surface area (Å²) in [5.74, 6) is 1.94. The van der Waals surface area contributed by atoms with Gasteiger partial charge in [-0.2, -0.15) is 0 Å². The lowest BCUT2D eigenvalue weighted by Crippen LogP contribution is -2.00. The lowest BCUT2D eigenvalue weighted by atomic mass is 9.89. The largest absolute Gasteiger partial charge is 0.256 e. The first-order valence-electron chi connectivity index (χ1n) is 16.7. The maximum atomic E-state index is 4.93. The summed E-state index contributed by atoms with van der Waals surface area (Å²) >= 11 is 0. The van der Waals surface area contributed by atoms with Gasteiger partial charge in [-0.15, -0.1) is 0 Å². The van der Waals surface area contributed by atoms with Gasteiger partial charge in [0.05, 0.1) is 5.52 Å². The number of para-hydroxylation sites is 1. The lowest BCUT2D eigenvalue weighted by Gasteiger charge is -2.15. The van der Waals surface area contributed by atoms with E-state index in [-0.39, 0.29) is 0 Å². The molecule has 9 aromatic rings. The molecule has 0 atom stereocenters. The van der Waals surface area contributed by atoms with E-state index in [1.807, 2.05) is 79.0 Å². The van der Waals surface area contributed by atoms with Crippen LogP contribution in [0.15, 0.2) is 182 Å². The van der Waals surface area contributed by atoms with Crippen LogP contribution in [0.5, 0.6) is 0 Å². The van der Waals surface area contributed by atoms with Gasteiger partial charge in [-0.05, 0) is 50.7 Å². The molecule has 7 aromatic carbocycles. The van der Waals surface area contributed by atoms with Gasteiger partial charge in [-0.25, -0.2) is 15.0 Å². The first-order valence-corrected chi connectivity index (χ1v) is 16.7. The lowest BCUT2D eigenvalue weighted by molar-refractivity contribution is 1.07. The molecule has 0 aliphatic rings. The average Bonchev–Trinajstić information content (AvgIpc) is 3.21. The third kappa shape index (κ3) is 5.59. The number of rotatable bonds is 6. The average molecular weight is 639 g/mol. The van der Waals surface area contributed by atoms with Crippen LogP contribution in [0.2, 0.25) is 0 Å². The predicted octanol–water partition coefficient (Wildman–Crippen LogP) is 11.6. The van der Waals surface area contributed by atoms with Gasteiger partial charge < -0.3 is 0 Å². The first-order chi connectivity index (χ1) is 24.8. The quantitative estimate of drug-likeness (QED) is 0.182. The van der Waals surface area contributed by atoms with Crippen LogP contribution in [-0.4, -0.2) is 19.9 Å².